The number of piperidine rings is 1. The van der Waals surface area contributed by atoms with Crippen LogP contribution in [0.3, 0.4) is 0 Å². The Bertz CT molecular complexity index is 947. The van der Waals surface area contributed by atoms with E-state index in [1.165, 1.54) is 11.1 Å². The molecule has 0 saturated carbocycles. The topological polar surface area (TPSA) is 116 Å². The molecule has 0 unspecified atom stereocenters. The lowest BCUT2D eigenvalue weighted by Gasteiger charge is -2.41. The first-order valence-electron chi connectivity index (χ1n) is 10.3. The van der Waals surface area contributed by atoms with Crippen molar-refractivity contribution in [3.05, 3.63) is 53.9 Å². The van der Waals surface area contributed by atoms with Gasteiger partial charge < -0.3 is 25.4 Å². The summed E-state index contributed by atoms with van der Waals surface area (Å²) >= 11 is 1.63. The number of carboxylic acid groups (broad SMARTS) is 1. The number of nitrogens with zero attached hydrogens (tertiary/aromatic N) is 3. The van der Waals surface area contributed by atoms with Gasteiger partial charge in [0.2, 0.25) is 0 Å². The number of guanidine groups is 1. The van der Waals surface area contributed by atoms with Gasteiger partial charge in [0.15, 0.2) is 5.96 Å². The van der Waals surface area contributed by atoms with Crippen LogP contribution in [0.2, 0.25) is 0 Å². The average Bonchev–Trinajstić information content (AvgIpc) is 2.78. The average molecular weight is 442 g/mol. The van der Waals surface area contributed by atoms with Crippen molar-refractivity contribution in [2.24, 2.45) is 5.73 Å². The van der Waals surface area contributed by atoms with Crippen molar-refractivity contribution in [1.29, 1.82) is 5.41 Å². The number of nitrogens with one attached hydrogen (secondary N) is 1. The van der Waals surface area contributed by atoms with Crippen molar-refractivity contribution in [1.82, 2.24) is 9.88 Å². The van der Waals surface area contributed by atoms with Crippen LogP contribution in [0, 0.1) is 5.41 Å². The van der Waals surface area contributed by atoms with Gasteiger partial charge in [-0.15, -0.1) is 11.8 Å². The molecule has 0 radical (unpaired) electrons. The van der Waals surface area contributed by atoms with Gasteiger partial charge in [0.1, 0.15) is 5.60 Å². The maximum absolute atomic E-state index is 11.4. The highest BCUT2D eigenvalue weighted by atomic mass is 32.2. The molecule has 164 valence electrons. The van der Waals surface area contributed by atoms with Gasteiger partial charge in [-0.2, -0.15) is 0 Å². The predicted octanol–water partition coefficient (Wildman–Crippen LogP) is 3.16. The van der Waals surface area contributed by atoms with Gasteiger partial charge in [-0.05, 0) is 41.8 Å². The van der Waals surface area contributed by atoms with E-state index in [2.05, 4.69) is 28.1 Å². The third-order valence-electron chi connectivity index (χ3n) is 6.04. The molecule has 1 aromatic carbocycles. The molecule has 1 saturated heterocycles. The van der Waals surface area contributed by atoms with E-state index in [9.17, 15) is 9.90 Å². The molecule has 0 spiro atoms. The molecule has 31 heavy (non-hydrogen) atoms. The molecule has 8 nitrogen and oxygen atoms in total. The maximum Gasteiger partial charge on any atom is 0.506 e. The second-order valence-electron chi connectivity index (χ2n) is 8.02. The molecule has 1 fully saturated rings. The van der Waals surface area contributed by atoms with Gasteiger partial charge in [0, 0.05) is 67.8 Å². The van der Waals surface area contributed by atoms with Gasteiger partial charge in [-0.25, -0.2) is 4.79 Å². The second kappa shape index (κ2) is 9.05. The standard InChI is InChI=1S/C22H27N5O3S/c23-20(24)27-10-5-16-1-2-19(13-17(16)14-27)31-15-22(30-21(28)29)6-11-26(12-7-22)18-3-8-25-9-4-18/h1-4,8-9,13H,5-7,10-12,14-15H2,(H3,23,24)(H,28,29). The smallest absolute Gasteiger partial charge is 0.450 e. The number of aromatic nitrogens is 1. The Kier molecular flexibility index (Phi) is 6.22. The van der Waals surface area contributed by atoms with Crippen LogP contribution in [-0.2, 0) is 17.7 Å². The lowest BCUT2D eigenvalue weighted by molar-refractivity contribution is -0.0183. The quantitative estimate of drug-likeness (QED) is 0.280. The number of hydrogen-bond acceptors (Lipinski definition) is 6. The minimum atomic E-state index is -1.22. The van der Waals surface area contributed by atoms with Gasteiger partial charge in [0.05, 0.1) is 0 Å². The number of thioether (sulfide) groups is 1. The fraction of sp³-hybridized carbons (Fsp3) is 0.409. The monoisotopic (exact) mass is 441 g/mol. The van der Waals surface area contributed by atoms with E-state index in [4.69, 9.17) is 15.9 Å². The van der Waals surface area contributed by atoms with Gasteiger partial charge in [-0.3, -0.25) is 10.4 Å². The highest BCUT2D eigenvalue weighted by Crippen LogP contribution is 2.35. The maximum atomic E-state index is 11.4. The molecule has 4 N–H and O–H groups in total. The summed E-state index contributed by atoms with van der Waals surface area (Å²) in [6.07, 6.45) is 4.46. The van der Waals surface area contributed by atoms with Crippen molar-refractivity contribution >= 4 is 29.6 Å². The molecule has 3 heterocycles. The summed E-state index contributed by atoms with van der Waals surface area (Å²) in [6.45, 7) is 2.86. The number of fused-ring (bicyclic) bond motifs is 1. The lowest BCUT2D eigenvalue weighted by Crippen LogP contribution is -2.48. The molecule has 0 atom stereocenters. The normalized spacial score (nSPS) is 17.7. The summed E-state index contributed by atoms with van der Waals surface area (Å²) in [4.78, 5) is 20.7. The Hall–Kier alpha value is -2.94. The third kappa shape index (κ3) is 5.04. The Morgan fingerprint density at radius 3 is 2.61 bits per heavy atom. The number of ether oxygens (including phenoxy) is 1. The minimum absolute atomic E-state index is 0.0958. The third-order valence-corrected chi connectivity index (χ3v) is 7.30. The van der Waals surface area contributed by atoms with E-state index in [1.54, 1.807) is 24.2 Å². The van der Waals surface area contributed by atoms with Gasteiger partial charge in [-0.1, -0.05) is 6.07 Å². The van der Waals surface area contributed by atoms with Crippen molar-refractivity contribution in [3.8, 4) is 0 Å². The van der Waals surface area contributed by atoms with Crippen LogP contribution in [0.15, 0.2) is 47.6 Å². The van der Waals surface area contributed by atoms with E-state index in [0.717, 1.165) is 36.6 Å². The minimum Gasteiger partial charge on any atom is -0.450 e. The molecule has 0 bridgehead atoms. The number of pyridine rings is 1. The molecule has 2 aliphatic heterocycles. The Morgan fingerprint density at radius 2 is 1.94 bits per heavy atom. The number of rotatable bonds is 5. The zero-order valence-corrected chi connectivity index (χ0v) is 18.1. The molecular weight excluding hydrogens is 414 g/mol. The largest absolute Gasteiger partial charge is 0.506 e. The highest BCUT2D eigenvalue weighted by Gasteiger charge is 2.38. The zero-order chi connectivity index (χ0) is 21.8. The van der Waals surface area contributed by atoms with Crippen LogP contribution in [-0.4, -0.2) is 58.1 Å². The summed E-state index contributed by atoms with van der Waals surface area (Å²) in [5.41, 5.74) is 8.50. The fourth-order valence-electron chi connectivity index (χ4n) is 4.23. The van der Waals surface area contributed by atoms with Crippen molar-refractivity contribution in [2.45, 2.75) is 36.3 Å². The molecule has 4 rings (SSSR count). The van der Waals surface area contributed by atoms with Gasteiger partial charge in [0.25, 0.3) is 0 Å². The molecule has 2 aromatic rings. The lowest BCUT2D eigenvalue weighted by atomic mass is 9.93. The highest BCUT2D eigenvalue weighted by molar-refractivity contribution is 7.99. The van der Waals surface area contributed by atoms with Crippen LogP contribution in [0.1, 0.15) is 24.0 Å². The van der Waals surface area contributed by atoms with E-state index in [-0.39, 0.29) is 5.96 Å². The SMILES string of the molecule is N=C(N)N1CCc2ccc(SCC3(OC(=O)O)CCN(c4ccncc4)CC3)cc2C1. The predicted molar refractivity (Wildman–Crippen MR) is 121 cm³/mol. The van der Waals surface area contributed by atoms with Crippen molar-refractivity contribution < 1.29 is 14.6 Å². The van der Waals surface area contributed by atoms with E-state index < -0.39 is 11.8 Å². The number of nitrogens with two attached hydrogens (primary N) is 1. The van der Waals surface area contributed by atoms with Crippen LogP contribution >= 0.6 is 11.8 Å². The Morgan fingerprint density at radius 1 is 1.19 bits per heavy atom. The van der Waals surface area contributed by atoms with E-state index in [0.29, 0.717) is 25.1 Å². The number of anilines is 1. The molecular formula is C22H27N5O3S. The van der Waals surface area contributed by atoms with E-state index >= 15 is 0 Å². The van der Waals surface area contributed by atoms with Gasteiger partial charge >= 0.3 is 6.16 Å². The number of carbonyl (C=O) groups is 1. The zero-order valence-electron chi connectivity index (χ0n) is 17.3. The first-order valence-corrected chi connectivity index (χ1v) is 11.3. The van der Waals surface area contributed by atoms with Crippen LogP contribution < -0.4 is 10.6 Å². The second-order valence-corrected chi connectivity index (χ2v) is 9.07. The van der Waals surface area contributed by atoms with Crippen LogP contribution in [0.25, 0.3) is 0 Å². The van der Waals surface area contributed by atoms with Crippen LogP contribution in [0.5, 0.6) is 0 Å². The number of benzene rings is 1. The van der Waals surface area contributed by atoms with Crippen LogP contribution in [0.4, 0.5) is 10.5 Å². The molecule has 9 heteroatoms. The summed E-state index contributed by atoms with van der Waals surface area (Å²) in [5.74, 6) is 0.664. The Labute approximate surface area is 185 Å². The fourth-order valence-corrected chi connectivity index (χ4v) is 5.40. The van der Waals surface area contributed by atoms with E-state index in [1.807, 2.05) is 17.0 Å². The summed E-state index contributed by atoms with van der Waals surface area (Å²) < 4.78 is 5.45. The molecule has 2 aliphatic rings. The summed E-state index contributed by atoms with van der Waals surface area (Å²) in [7, 11) is 0. The van der Waals surface area contributed by atoms with Crippen molar-refractivity contribution in [2.75, 3.05) is 30.3 Å². The van der Waals surface area contributed by atoms with Crippen molar-refractivity contribution in [3.63, 3.8) is 0 Å². The summed E-state index contributed by atoms with van der Waals surface area (Å²) in [5, 5.41) is 17.0. The first-order chi connectivity index (χ1) is 14.9. The molecule has 1 aromatic heterocycles. The molecule has 0 amide bonds. The number of hydrogen-bond donors (Lipinski definition) is 3. The Balaban J connectivity index is 1.43. The summed E-state index contributed by atoms with van der Waals surface area (Å²) in [6, 6.07) is 10.3. The molecule has 0 aliphatic carbocycles. The first kappa shape index (κ1) is 21.3.